The highest BCUT2D eigenvalue weighted by Gasteiger charge is 2.35. The number of ether oxygens (including phenoxy) is 2. The minimum absolute atomic E-state index is 0.0303. The minimum Gasteiger partial charge on any atom is -0.497 e. The van der Waals surface area contributed by atoms with Crippen molar-refractivity contribution in [3.8, 4) is 11.5 Å². The van der Waals surface area contributed by atoms with Gasteiger partial charge in [0.15, 0.2) is 6.10 Å². The summed E-state index contributed by atoms with van der Waals surface area (Å²) in [4.78, 5) is 12.6. The average molecular weight is 419 g/mol. The second kappa shape index (κ2) is 9.17. The number of fused-ring (bicyclic) bond motifs is 1. The van der Waals surface area contributed by atoms with Crippen LogP contribution < -0.4 is 19.1 Å². The number of benzene rings is 2. The Labute approximate surface area is 171 Å². The van der Waals surface area contributed by atoms with Crippen LogP contribution in [-0.4, -0.2) is 46.4 Å². The highest BCUT2D eigenvalue weighted by Crippen LogP contribution is 2.35. The number of nitrogens with zero attached hydrogens (tertiary/aromatic N) is 1. The Morgan fingerprint density at radius 3 is 2.62 bits per heavy atom. The van der Waals surface area contributed by atoms with Crippen molar-refractivity contribution in [2.45, 2.75) is 25.9 Å². The van der Waals surface area contributed by atoms with E-state index in [2.05, 4.69) is 5.32 Å². The summed E-state index contributed by atoms with van der Waals surface area (Å²) in [5.41, 5.74) is 1.63. The van der Waals surface area contributed by atoms with Gasteiger partial charge in [0.05, 0.1) is 25.1 Å². The first-order valence-electron chi connectivity index (χ1n) is 9.61. The third-order valence-electron chi connectivity index (χ3n) is 4.83. The maximum absolute atomic E-state index is 12.6. The molecule has 7 nitrogen and oxygen atoms in total. The average Bonchev–Trinajstić information content (AvgIpc) is 2.76. The van der Waals surface area contributed by atoms with Crippen LogP contribution in [0.1, 0.15) is 18.9 Å². The smallest absolute Gasteiger partial charge is 0.263 e. The van der Waals surface area contributed by atoms with E-state index in [1.807, 2.05) is 24.3 Å². The summed E-state index contributed by atoms with van der Waals surface area (Å²) in [7, 11) is -1.88. The number of carbonyl (C=O) groups excluding carboxylic acids is 1. The van der Waals surface area contributed by atoms with E-state index in [4.69, 9.17) is 9.47 Å². The number of aryl methyl sites for hydroxylation is 1. The van der Waals surface area contributed by atoms with Gasteiger partial charge < -0.3 is 14.8 Å². The van der Waals surface area contributed by atoms with Crippen molar-refractivity contribution >= 4 is 21.6 Å². The molecular formula is C21H26N2O5S. The Morgan fingerprint density at radius 2 is 1.93 bits per heavy atom. The predicted octanol–water partition coefficient (Wildman–Crippen LogP) is 2.36. The molecule has 156 valence electrons. The molecule has 0 bridgehead atoms. The Hall–Kier alpha value is -2.74. The number of carbonyl (C=O) groups is 1. The quantitative estimate of drug-likeness (QED) is 0.666. The molecule has 0 aliphatic carbocycles. The van der Waals surface area contributed by atoms with Crippen molar-refractivity contribution in [2.75, 3.05) is 30.3 Å². The fourth-order valence-electron chi connectivity index (χ4n) is 3.17. The number of sulfonamides is 1. The molecule has 29 heavy (non-hydrogen) atoms. The standard InChI is InChI=1S/C21H26N2O5S/c1-3-29(25,26)23-15-20(28-19-9-5-4-8-18(19)23)21(24)22-14-6-7-16-10-12-17(27-2)13-11-16/h4-5,8-13,20H,3,6-7,14-15H2,1-2H3,(H,22,24). The van der Waals surface area contributed by atoms with E-state index in [0.717, 1.165) is 24.2 Å². The minimum atomic E-state index is -3.50. The number of hydrogen-bond acceptors (Lipinski definition) is 5. The summed E-state index contributed by atoms with van der Waals surface area (Å²) in [5, 5.41) is 2.86. The zero-order chi connectivity index (χ0) is 20.9. The molecule has 1 heterocycles. The summed E-state index contributed by atoms with van der Waals surface area (Å²) in [5.74, 6) is 0.848. The van der Waals surface area contributed by atoms with Gasteiger partial charge in [0, 0.05) is 6.54 Å². The van der Waals surface area contributed by atoms with Crippen molar-refractivity contribution in [2.24, 2.45) is 0 Å². The van der Waals surface area contributed by atoms with Crippen LogP contribution in [0.2, 0.25) is 0 Å². The second-order valence-corrected chi connectivity index (χ2v) is 8.93. The first kappa shape index (κ1) is 21.0. The van der Waals surface area contributed by atoms with E-state index >= 15 is 0 Å². The molecule has 8 heteroatoms. The number of amides is 1. The van der Waals surface area contributed by atoms with Crippen LogP contribution in [-0.2, 0) is 21.2 Å². The molecular weight excluding hydrogens is 392 g/mol. The number of nitrogens with one attached hydrogen (secondary N) is 1. The van der Waals surface area contributed by atoms with Crippen molar-refractivity contribution < 1.29 is 22.7 Å². The molecule has 1 amide bonds. The van der Waals surface area contributed by atoms with Gasteiger partial charge in [-0.25, -0.2) is 8.42 Å². The van der Waals surface area contributed by atoms with Crippen LogP contribution in [0.3, 0.4) is 0 Å². The van der Waals surface area contributed by atoms with Crippen LogP contribution in [0, 0.1) is 0 Å². The van der Waals surface area contributed by atoms with Crippen molar-refractivity contribution in [3.05, 3.63) is 54.1 Å². The van der Waals surface area contributed by atoms with Gasteiger partial charge >= 0.3 is 0 Å². The van der Waals surface area contributed by atoms with E-state index in [1.165, 1.54) is 4.31 Å². The van der Waals surface area contributed by atoms with Crippen LogP contribution in [0.25, 0.3) is 0 Å². The maximum Gasteiger partial charge on any atom is 0.263 e. The third-order valence-corrected chi connectivity index (χ3v) is 6.58. The lowest BCUT2D eigenvalue weighted by Crippen LogP contribution is -2.51. The largest absolute Gasteiger partial charge is 0.497 e. The van der Waals surface area contributed by atoms with E-state index in [-0.39, 0.29) is 18.2 Å². The first-order chi connectivity index (χ1) is 13.9. The molecule has 0 saturated heterocycles. The maximum atomic E-state index is 12.6. The third kappa shape index (κ3) is 5.00. The molecule has 1 atom stereocenters. The molecule has 0 radical (unpaired) electrons. The molecule has 1 aliphatic heterocycles. The molecule has 0 saturated carbocycles. The molecule has 0 spiro atoms. The van der Waals surface area contributed by atoms with Crippen LogP contribution in [0.15, 0.2) is 48.5 Å². The van der Waals surface area contributed by atoms with E-state index < -0.39 is 16.1 Å². The van der Waals surface area contributed by atoms with Gasteiger partial charge in [-0.15, -0.1) is 0 Å². The van der Waals surface area contributed by atoms with Gasteiger partial charge in [-0.3, -0.25) is 9.10 Å². The highest BCUT2D eigenvalue weighted by molar-refractivity contribution is 7.92. The lowest BCUT2D eigenvalue weighted by Gasteiger charge is -2.34. The number of rotatable bonds is 8. The highest BCUT2D eigenvalue weighted by atomic mass is 32.2. The van der Waals surface area contributed by atoms with Gasteiger partial charge in [-0.05, 0) is 49.6 Å². The summed E-state index contributed by atoms with van der Waals surface area (Å²) >= 11 is 0. The number of para-hydroxylation sites is 2. The Bertz CT molecular complexity index is 944. The number of anilines is 1. The topological polar surface area (TPSA) is 84.9 Å². The van der Waals surface area contributed by atoms with Crippen molar-refractivity contribution in [3.63, 3.8) is 0 Å². The normalized spacial score (nSPS) is 15.9. The molecule has 1 N–H and O–H groups in total. The van der Waals surface area contributed by atoms with E-state index in [9.17, 15) is 13.2 Å². The van der Waals surface area contributed by atoms with Gasteiger partial charge in [0.1, 0.15) is 11.5 Å². The lowest BCUT2D eigenvalue weighted by molar-refractivity contribution is -0.127. The Kier molecular flexibility index (Phi) is 6.64. The Balaban J connectivity index is 1.58. The predicted molar refractivity (Wildman–Crippen MR) is 112 cm³/mol. The molecule has 2 aromatic rings. The molecule has 3 rings (SSSR count). The SMILES string of the molecule is CCS(=O)(=O)N1CC(C(=O)NCCCc2ccc(OC)cc2)Oc2ccccc21. The van der Waals surface area contributed by atoms with Gasteiger partial charge in [0.25, 0.3) is 5.91 Å². The van der Waals surface area contributed by atoms with Crippen molar-refractivity contribution in [1.29, 1.82) is 0 Å². The van der Waals surface area contributed by atoms with Gasteiger partial charge in [-0.2, -0.15) is 0 Å². The molecule has 1 aliphatic rings. The fraction of sp³-hybridized carbons (Fsp3) is 0.381. The monoisotopic (exact) mass is 418 g/mol. The Morgan fingerprint density at radius 1 is 1.21 bits per heavy atom. The van der Waals surface area contributed by atoms with E-state index in [1.54, 1.807) is 38.3 Å². The summed E-state index contributed by atoms with van der Waals surface area (Å²) in [6.07, 6.45) is 0.694. The zero-order valence-electron chi connectivity index (χ0n) is 16.6. The zero-order valence-corrected chi connectivity index (χ0v) is 17.4. The van der Waals surface area contributed by atoms with Crippen molar-refractivity contribution in [1.82, 2.24) is 5.32 Å². The molecule has 0 fully saturated rings. The second-order valence-electron chi connectivity index (χ2n) is 6.75. The van der Waals surface area contributed by atoms with Crippen LogP contribution in [0.5, 0.6) is 11.5 Å². The number of methoxy groups -OCH3 is 1. The van der Waals surface area contributed by atoms with Crippen LogP contribution in [0.4, 0.5) is 5.69 Å². The van der Waals surface area contributed by atoms with E-state index in [0.29, 0.717) is 18.0 Å². The summed E-state index contributed by atoms with van der Waals surface area (Å²) in [6, 6.07) is 14.7. The van der Waals surface area contributed by atoms with Crippen LogP contribution >= 0.6 is 0 Å². The molecule has 2 aromatic carbocycles. The molecule has 1 unspecified atom stereocenters. The fourth-order valence-corrected chi connectivity index (χ4v) is 4.29. The van der Waals surface area contributed by atoms with Gasteiger partial charge in [0.2, 0.25) is 10.0 Å². The lowest BCUT2D eigenvalue weighted by atomic mass is 10.1. The van der Waals surface area contributed by atoms with Gasteiger partial charge in [-0.1, -0.05) is 24.3 Å². The number of hydrogen-bond donors (Lipinski definition) is 1. The summed E-state index contributed by atoms with van der Waals surface area (Å²) in [6.45, 7) is 2.03. The molecule has 0 aromatic heterocycles. The summed E-state index contributed by atoms with van der Waals surface area (Å²) < 4.78 is 37.1. The first-order valence-corrected chi connectivity index (χ1v) is 11.2.